The minimum atomic E-state index is -0.537. The second-order valence-electron chi connectivity index (χ2n) is 4.91. The lowest BCUT2D eigenvalue weighted by atomic mass is 9.95. The molecule has 2 fully saturated rings. The Hall–Kier alpha value is -1.49. The molecule has 1 spiro atoms. The van der Waals surface area contributed by atoms with Crippen molar-refractivity contribution in [1.29, 1.82) is 0 Å². The molecule has 1 saturated carbocycles. The molecule has 0 radical (unpaired) electrons. The summed E-state index contributed by atoms with van der Waals surface area (Å²) in [5.74, 6) is -0.851. The summed E-state index contributed by atoms with van der Waals surface area (Å²) in [6.07, 6.45) is 4.44. The molecular formula is C14H18F2N2O. The molecule has 2 aliphatic rings. The van der Waals surface area contributed by atoms with E-state index in [9.17, 15) is 13.6 Å². The summed E-state index contributed by atoms with van der Waals surface area (Å²) in [5.41, 5.74) is -0.168. The zero-order valence-corrected chi connectivity index (χ0v) is 10.7. The molecule has 0 bridgehead atoms. The van der Waals surface area contributed by atoms with Gasteiger partial charge in [0.15, 0.2) is 0 Å². The smallest absolute Gasteiger partial charge is 0.240 e. The van der Waals surface area contributed by atoms with Crippen molar-refractivity contribution in [3.05, 3.63) is 35.9 Å². The lowest BCUT2D eigenvalue weighted by molar-refractivity contribution is -0.129. The zero-order valence-electron chi connectivity index (χ0n) is 10.7. The number of piperazine rings is 1. The van der Waals surface area contributed by atoms with Crippen LogP contribution < -0.4 is 10.6 Å². The van der Waals surface area contributed by atoms with E-state index in [4.69, 9.17) is 0 Å². The SMILES string of the molecule is Fc1cccc(F)c1.O=C1NCCNC12CCCC2. The molecule has 0 aromatic heterocycles. The van der Waals surface area contributed by atoms with Crippen LogP contribution in [-0.4, -0.2) is 24.5 Å². The fourth-order valence-electron chi connectivity index (χ4n) is 2.57. The molecular weight excluding hydrogens is 250 g/mol. The van der Waals surface area contributed by atoms with Crippen LogP contribution in [0.1, 0.15) is 25.7 Å². The van der Waals surface area contributed by atoms with Gasteiger partial charge in [0.25, 0.3) is 0 Å². The number of rotatable bonds is 0. The summed E-state index contributed by atoms with van der Waals surface area (Å²) < 4.78 is 23.9. The molecule has 2 N–H and O–H groups in total. The van der Waals surface area contributed by atoms with Gasteiger partial charge in [-0.25, -0.2) is 8.78 Å². The molecule has 1 aliphatic carbocycles. The Morgan fingerprint density at radius 3 is 2.16 bits per heavy atom. The van der Waals surface area contributed by atoms with Gasteiger partial charge in [-0.15, -0.1) is 0 Å². The van der Waals surface area contributed by atoms with Gasteiger partial charge in [-0.1, -0.05) is 18.9 Å². The van der Waals surface area contributed by atoms with Crippen LogP contribution in [0.3, 0.4) is 0 Å². The van der Waals surface area contributed by atoms with Crippen molar-refractivity contribution in [2.24, 2.45) is 0 Å². The Labute approximate surface area is 111 Å². The van der Waals surface area contributed by atoms with E-state index in [-0.39, 0.29) is 11.4 Å². The lowest BCUT2D eigenvalue weighted by Crippen LogP contribution is -2.61. The second kappa shape index (κ2) is 6.10. The minimum absolute atomic E-state index is 0.168. The monoisotopic (exact) mass is 268 g/mol. The Balaban J connectivity index is 0.000000148. The van der Waals surface area contributed by atoms with Crippen LogP contribution in [0.15, 0.2) is 24.3 Å². The topological polar surface area (TPSA) is 41.1 Å². The third kappa shape index (κ3) is 3.50. The predicted octanol–water partition coefficient (Wildman–Crippen LogP) is 1.98. The first-order valence-corrected chi connectivity index (χ1v) is 6.57. The van der Waals surface area contributed by atoms with Crippen LogP contribution in [0.5, 0.6) is 0 Å². The maximum Gasteiger partial charge on any atom is 0.240 e. The number of hydrogen-bond acceptors (Lipinski definition) is 2. The third-order valence-corrected chi connectivity index (χ3v) is 3.55. The molecule has 1 heterocycles. The standard InChI is InChI=1S/C8H14N2O.C6H4F2/c11-7-8(3-1-2-4-8)10-6-5-9-7;7-5-2-1-3-6(8)4-5/h10H,1-6H2,(H,9,11);1-4H. The molecule has 1 aromatic carbocycles. The average Bonchev–Trinajstić information content (AvgIpc) is 2.83. The first-order valence-electron chi connectivity index (χ1n) is 6.57. The van der Waals surface area contributed by atoms with Crippen molar-refractivity contribution in [2.75, 3.05) is 13.1 Å². The van der Waals surface area contributed by atoms with Crippen molar-refractivity contribution in [2.45, 2.75) is 31.2 Å². The molecule has 1 saturated heterocycles. The van der Waals surface area contributed by atoms with E-state index >= 15 is 0 Å². The number of carbonyl (C=O) groups excluding carboxylic acids is 1. The number of amides is 1. The Morgan fingerprint density at radius 2 is 1.68 bits per heavy atom. The maximum atomic E-state index is 11.9. The summed E-state index contributed by atoms with van der Waals surface area (Å²) in [7, 11) is 0. The molecule has 104 valence electrons. The van der Waals surface area contributed by atoms with Gasteiger partial charge in [-0.05, 0) is 25.0 Å². The molecule has 1 aromatic rings. The molecule has 0 atom stereocenters. The van der Waals surface area contributed by atoms with Gasteiger partial charge in [-0.3, -0.25) is 4.79 Å². The molecule has 19 heavy (non-hydrogen) atoms. The first kappa shape index (κ1) is 13.9. The highest BCUT2D eigenvalue weighted by Crippen LogP contribution is 2.30. The molecule has 3 nitrogen and oxygen atoms in total. The summed E-state index contributed by atoms with van der Waals surface area (Å²) in [6.45, 7) is 1.73. The van der Waals surface area contributed by atoms with E-state index in [1.807, 2.05) is 0 Å². The third-order valence-electron chi connectivity index (χ3n) is 3.55. The van der Waals surface area contributed by atoms with Gasteiger partial charge in [0.2, 0.25) is 5.91 Å². The van der Waals surface area contributed by atoms with Gasteiger partial charge in [-0.2, -0.15) is 0 Å². The zero-order chi connectivity index (χ0) is 13.7. The largest absolute Gasteiger partial charge is 0.353 e. The Kier molecular flexibility index (Phi) is 4.47. The lowest BCUT2D eigenvalue weighted by Gasteiger charge is -2.33. The summed E-state index contributed by atoms with van der Waals surface area (Å²) >= 11 is 0. The van der Waals surface area contributed by atoms with Gasteiger partial charge < -0.3 is 10.6 Å². The van der Waals surface area contributed by atoms with Crippen molar-refractivity contribution in [3.8, 4) is 0 Å². The van der Waals surface area contributed by atoms with Crippen LogP contribution in [0.25, 0.3) is 0 Å². The van der Waals surface area contributed by atoms with E-state index in [0.717, 1.165) is 32.0 Å². The van der Waals surface area contributed by atoms with Crippen molar-refractivity contribution in [3.63, 3.8) is 0 Å². The highest BCUT2D eigenvalue weighted by atomic mass is 19.1. The van der Waals surface area contributed by atoms with Crippen LogP contribution >= 0.6 is 0 Å². The summed E-state index contributed by atoms with van der Waals surface area (Å²) in [6, 6.07) is 4.55. The van der Waals surface area contributed by atoms with Crippen molar-refractivity contribution in [1.82, 2.24) is 10.6 Å². The van der Waals surface area contributed by atoms with E-state index in [1.165, 1.54) is 31.0 Å². The van der Waals surface area contributed by atoms with E-state index < -0.39 is 11.6 Å². The number of nitrogens with one attached hydrogen (secondary N) is 2. The van der Waals surface area contributed by atoms with Crippen molar-refractivity contribution >= 4 is 5.91 Å². The Morgan fingerprint density at radius 1 is 1.05 bits per heavy atom. The van der Waals surface area contributed by atoms with Gasteiger partial charge >= 0.3 is 0 Å². The van der Waals surface area contributed by atoms with E-state index in [1.54, 1.807) is 0 Å². The summed E-state index contributed by atoms with van der Waals surface area (Å²) in [5, 5.41) is 6.25. The molecule has 3 rings (SSSR count). The van der Waals surface area contributed by atoms with Gasteiger partial charge in [0.1, 0.15) is 11.6 Å². The first-order chi connectivity index (χ1) is 9.12. The van der Waals surface area contributed by atoms with E-state index in [2.05, 4.69) is 10.6 Å². The van der Waals surface area contributed by atoms with Crippen LogP contribution in [0, 0.1) is 11.6 Å². The number of halogens is 2. The summed E-state index contributed by atoms with van der Waals surface area (Å²) in [4.78, 5) is 11.4. The molecule has 1 aliphatic heterocycles. The molecule has 0 unspecified atom stereocenters. The average molecular weight is 268 g/mol. The van der Waals surface area contributed by atoms with Crippen LogP contribution in [-0.2, 0) is 4.79 Å². The van der Waals surface area contributed by atoms with Crippen molar-refractivity contribution < 1.29 is 13.6 Å². The number of carbonyl (C=O) groups is 1. The molecule has 5 heteroatoms. The molecule has 1 amide bonds. The van der Waals surface area contributed by atoms with E-state index in [0.29, 0.717) is 0 Å². The fourth-order valence-corrected chi connectivity index (χ4v) is 2.57. The number of hydrogen-bond donors (Lipinski definition) is 2. The van der Waals surface area contributed by atoms with Crippen LogP contribution in [0.2, 0.25) is 0 Å². The second-order valence-corrected chi connectivity index (χ2v) is 4.91. The normalized spacial score (nSPS) is 20.6. The van der Waals surface area contributed by atoms with Crippen LogP contribution in [0.4, 0.5) is 8.78 Å². The predicted molar refractivity (Wildman–Crippen MR) is 68.6 cm³/mol. The Bertz CT molecular complexity index is 428. The highest BCUT2D eigenvalue weighted by molar-refractivity contribution is 5.87. The quantitative estimate of drug-likeness (QED) is 0.755. The maximum absolute atomic E-state index is 11.9. The fraction of sp³-hybridized carbons (Fsp3) is 0.500. The highest BCUT2D eigenvalue weighted by Gasteiger charge is 2.41. The van der Waals surface area contributed by atoms with Gasteiger partial charge in [0.05, 0.1) is 5.54 Å². The minimum Gasteiger partial charge on any atom is -0.353 e. The number of benzene rings is 1. The van der Waals surface area contributed by atoms with Gasteiger partial charge in [0, 0.05) is 19.2 Å².